The van der Waals surface area contributed by atoms with E-state index >= 15 is 0 Å². The minimum atomic E-state index is -4.33. The van der Waals surface area contributed by atoms with E-state index in [0.717, 1.165) is 0 Å². The lowest BCUT2D eigenvalue weighted by Gasteiger charge is -2.42. The highest BCUT2D eigenvalue weighted by molar-refractivity contribution is 7.54. The van der Waals surface area contributed by atoms with Gasteiger partial charge in [0.2, 0.25) is 0 Å². The highest BCUT2D eigenvalue weighted by atomic mass is 31.2. The minimum Gasteiger partial charge on any atom is -0.377 e. The number of nitrogens with one attached hydrogen (secondary N) is 1. The van der Waals surface area contributed by atoms with Crippen LogP contribution in [0.25, 0.3) is 0 Å². The molecule has 9 nitrogen and oxygen atoms in total. The zero-order valence-electron chi connectivity index (χ0n) is 18.7. The van der Waals surface area contributed by atoms with Crippen molar-refractivity contribution in [3.8, 4) is 0 Å². The maximum Gasteiger partial charge on any atom is 0.359 e. The topological polar surface area (TPSA) is 131 Å². The van der Waals surface area contributed by atoms with Gasteiger partial charge in [-0.25, -0.2) is 4.79 Å². The van der Waals surface area contributed by atoms with E-state index in [1.807, 2.05) is 13.8 Å². The molecule has 1 aliphatic heterocycles. The van der Waals surface area contributed by atoms with Crippen molar-refractivity contribution in [3.05, 3.63) is 32.6 Å². The predicted molar refractivity (Wildman–Crippen MR) is 113 cm³/mol. The number of aryl methyl sites for hydroxylation is 1. The van der Waals surface area contributed by atoms with E-state index in [1.165, 1.54) is 10.8 Å². The second-order valence-corrected chi connectivity index (χ2v) is 10.5. The Morgan fingerprint density at radius 3 is 2.43 bits per heavy atom. The van der Waals surface area contributed by atoms with Crippen LogP contribution in [-0.4, -0.2) is 36.6 Å². The smallest absolute Gasteiger partial charge is 0.359 e. The van der Waals surface area contributed by atoms with Gasteiger partial charge in [0.15, 0.2) is 5.34 Å². The Labute approximate surface area is 177 Å². The lowest BCUT2D eigenvalue weighted by Crippen LogP contribution is -2.43. The van der Waals surface area contributed by atoms with Crippen molar-refractivity contribution >= 4 is 7.60 Å². The molecule has 0 amide bonds. The number of hydrogen-bond donors (Lipinski definition) is 3. The van der Waals surface area contributed by atoms with Gasteiger partial charge in [-0.1, -0.05) is 27.7 Å². The molecule has 1 aromatic rings. The van der Waals surface area contributed by atoms with Gasteiger partial charge in [0.1, 0.15) is 0 Å². The van der Waals surface area contributed by atoms with Crippen LogP contribution in [0.15, 0.2) is 15.8 Å². The second-order valence-electron chi connectivity index (χ2n) is 8.45. The van der Waals surface area contributed by atoms with E-state index in [0.29, 0.717) is 24.8 Å². The highest BCUT2D eigenvalue weighted by Crippen LogP contribution is 2.61. The van der Waals surface area contributed by atoms with Gasteiger partial charge in [-0.15, -0.1) is 0 Å². The van der Waals surface area contributed by atoms with Crippen LogP contribution < -0.4 is 11.2 Å². The molecule has 5 atom stereocenters. The Hall–Kier alpha value is -1.25. The average molecular weight is 446 g/mol. The van der Waals surface area contributed by atoms with Gasteiger partial charge in [0.05, 0.1) is 23.4 Å². The van der Waals surface area contributed by atoms with Crippen molar-refractivity contribution in [1.82, 2.24) is 9.55 Å². The van der Waals surface area contributed by atoms with Crippen LogP contribution >= 0.6 is 7.60 Å². The fourth-order valence-electron chi connectivity index (χ4n) is 3.95. The van der Waals surface area contributed by atoms with Crippen LogP contribution in [0.5, 0.6) is 0 Å². The monoisotopic (exact) mass is 446 g/mol. The zero-order chi connectivity index (χ0) is 22.9. The Bertz CT molecular complexity index is 907. The number of aromatic nitrogens is 2. The van der Waals surface area contributed by atoms with E-state index in [-0.39, 0.29) is 24.9 Å². The molecule has 5 unspecified atom stereocenters. The van der Waals surface area contributed by atoms with Gasteiger partial charge in [0, 0.05) is 19.2 Å². The van der Waals surface area contributed by atoms with Gasteiger partial charge in [-0.05, 0) is 39.0 Å². The summed E-state index contributed by atoms with van der Waals surface area (Å²) in [5.41, 5.74) is -1.60. The highest BCUT2D eigenvalue weighted by Gasteiger charge is 2.51. The number of H-pyrrole nitrogens is 1. The summed E-state index contributed by atoms with van der Waals surface area (Å²) < 4.78 is 26.2. The summed E-state index contributed by atoms with van der Waals surface area (Å²) in [6, 6.07) is 0. The third-order valence-electron chi connectivity index (χ3n) is 6.75. The van der Waals surface area contributed by atoms with Crippen molar-refractivity contribution in [2.45, 2.75) is 89.9 Å². The van der Waals surface area contributed by atoms with E-state index in [2.05, 4.69) is 4.98 Å². The fraction of sp³-hybridized carbons (Fsp3) is 0.800. The predicted octanol–water partition coefficient (Wildman–Crippen LogP) is 2.81. The molecule has 1 saturated heterocycles. The van der Waals surface area contributed by atoms with Gasteiger partial charge < -0.3 is 19.3 Å². The molecule has 1 aromatic heterocycles. The van der Waals surface area contributed by atoms with Gasteiger partial charge >= 0.3 is 13.3 Å². The zero-order valence-corrected chi connectivity index (χ0v) is 19.6. The fourth-order valence-corrected chi connectivity index (χ4v) is 5.78. The number of ether oxygens (including phenoxy) is 1. The van der Waals surface area contributed by atoms with E-state index in [9.17, 15) is 24.2 Å². The molecule has 30 heavy (non-hydrogen) atoms. The number of hydrogen-bond acceptors (Lipinski definition) is 6. The molecule has 2 heterocycles. The molecule has 2 rings (SSSR count). The number of nitrogens with zero attached hydrogens (tertiary/aromatic N) is 1. The quantitative estimate of drug-likeness (QED) is 0.497. The summed E-state index contributed by atoms with van der Waals surface area (Å²) in [6.45, 7) is 8.80. The SMILES string of the molecule is CCC(C)(OP(=O)(O)C(O)(CC)CC)C(C)C1CCC(c2cn(C)c(=O)[nH]c2=O)O1. The summed E-state index contributed by atoms with van der Waals surface area (Å²) in [6.07, 6.45) is 2.55. The molecule has 0 saturated carbocycles. The second kappa shape index (κ2) is 9.09. The number of aromatic amines is 1. The molecule has 3 N–H and O–H groups in total. The third kappa shape index (κ3) is 4.65. The van der Waals surface area contributed by atoms with Crippen molar-refractivity contribution in [1.29, 1.82) is 0 Å². The molecule has 1 aliphatic rings. The van der Waals surface area contributed by atoms with Crippen molar-refractivity contribution in [2.24, 2.45) is 13.0 Å². The van der Waals surface area contributed by atoms with Crippen LogP contribution in [0, 0.1) is 5.92 Å². The van der Waals surface area contributed by atoms with E-state index < -0.39 is 35.9 Å². The van der Waals surface area contributed by atoms with Gasteiger partial charge in [0.25, 0.3) is 5.56 Å². The molecular formula is C20H35N2O7P. The number of aliphatic hydroxyl groups is 1. The van der Waals surface area contributed by atoms with Gasteiger partial charge in [-0.2, -0.15) is 0 Å². The van der Waals surface area contributed by atoms with Crippen molar-refractivity contribution < 1.29 is 23.8 Å². The Balaban J connectivity index is 2.23. The van der Waals surface area contributed by atoms with Crippen LogP contribution in [0.2, 0.25) is 0 Å². The number of rotatable bonds is 9. The summed E-state index contributed by atoms with van der Waals surface area (Å²) in [7, 11) is -2.78. The average Bonchev–Trinajstić information content (AvgIpc) is 3.18. The van der Waals surface area contributed by atoms with Crippen molar-refractivity contribution in [2.75, 3.05) is 0 Å². The van der Waals surface area contributed by atoms with Crippen LogP contribution in [0.3, 0.4) is 0 Å². The maximum atomic E-state index is 13.0. The first-order chi connectivity index (χ1) is 13.8. The molecule has 0 radical (unpaired) electrons. The van der Waals surface area contributed by atoms with Crippen LogP contribution in [-0.2, 0) is 20.9 Å². The standard InChI is InChI=1S/C20H35N2O7P/c1-7-19(5,29-30(26,27)20(25,8-2)9-3)13(4)15-10-11-16(28-15)14-12-22(6)18(24)21-17(14)23/h12-13,15-16,25H,7-11H2,1-6H3,(H,26,27)(H,21,23,24). The van der Waals surface area contributed by atoms with Crippen molar-refractivity contribution in [3.63, 3.8) is 0 Å². The largest absolute Gasteiger partial charge is 0.377 e. The first-order valence-electron chi connectivity index (χ1n) is 10.6. The maximum absolute atomic E-state index is 13.0. The minimum absolute atomic E-state index is 0.100. The molecular weight excluding hydrogens is 411 g/mol. The van der Waals surface area contributed by atoms with Crippen LogP contribution in [0.4, 0.5) is 0 Å². The van der Waals surface area contributed by atoms with E-state index in [1.54, 1.807) is 27.8 Å². The molecule has 0 aliphatic carbocycles. The summed E-state index contributed by atoms with van der Waals surface area (Å²) in [5.74, 6) is -0.280. The first-order valence-corrected chi connectivity index (χ1v) is 12.1. The summed E-state index contributed by atoms with van der Waals surface area (Å²) in [4.78, 5) is 36.7. The third-order valence-corrected chi connectivity index (χ3v) is 9.10. The van der Waals surface area contributed by atoms with Crippen LogP contribution in [0.1, 0.15) is 78.4 Å². The molecule has 0 spiro atoms. The molecule has 0 aromatic carbocycles. The molecule has 0 bridgehead atoms. The Morgan fingerprint density at radius 2 is 1.90 bits per heavy atom. The molecule has 1 fully saturated rings. The lowest BCUT2D eigenvalue weighted by molar-refractivity contribution is -0.0757. The Kier molecular flexibility index (Phi) is 7.58. The molecule has 10 heteroatoms. The molecule has 172 valence electrons. The summed E-state index contributed by atoms with van der Waals surface area (Å²) >= 11 is 0. The first kappa shape index (κ1) is 25.0. The summed E-state index contributed by atoms with van der Waals surface area (Å²) in [5, 5.41) is 8.80. The normalized spacial score (nSPS) is 24.9. The van der Waals surface area contributed by atoms with Gasteiger partial charge in [-0.3, -0.25) is 18.9 Å². The lowest BCUT2D eigenvalue weighted by atomic mass is 9.83. The van der Waals surface area contributed by atoms with E-state index in [4.69, 9.17) is 9.26 Å². The Morgan fingerprint density at radius 1 is 1.30 bits per heavy atom.